The molecular weight excluding hydrogens is 320 g/mol. The summed E-state index contributed by atoms with van der Waals surface area (Å²) >= 11 is 0. The quantitative estimate of drug-likeness (QED) is 0.533. The highest BCUT2D eigenvalue weighted by molar-refractivity contribution is 5.52. The molecule has 0 bridgehead atoms. The van der Waals surface area contributed by atoms with Crippen molar-refractivity contribution in [1.82, 2.24) is 20.4 Å². The van der Waals surface area contributed by atoms with Gasteiger partial charge in [-0.25, -0.2) is 0 Å². The first-order chi connectivity index (χ1) is 12.4. The lowest BCUT2D eigenvalue weighted by Crippen LogP contribution is -1.94. The molecule has 7 nitrogen and oxygen atoms in total. The van der Waals surface area contributed by atoms with Crippen molar-refractivity contribution in [2.75, 3.05) is 0 Å². The van der Waals surface area contributed by atoms with Crippen molar-refractivity contribution in [3.63, 3.8) is 0 Å². The number of rotatable bonds is 6. The zero-order valence-corrected chi connectivity index (χ0v) is 13.2. The molecule has 124 valence electrons. The van der Waals surface area contributed by atoms with Crippen LogP contribution in [-0.4, -0.2) is 20.4 Å². The fourth-order valence-electron chi connectivity index (χ4n) is 2.24. The van der Waals surface area contributed by atoms with Crippen LogP contribution < -0.4 is 0 Å². The van der Waals surface area contributed by atoms with E-state index in [9.17, 15) is 0 Å². The van der Waals surface area contributed by atoms with E-state index in [1.54, 1.807) is 0 Å². The zero-order valence-electron chi connectivity index (χ0n) is 13.2. The second-order valence-electron chi connectivity index (χ2n) is 5.23. The van der Waals surface area contributed by atoms with Gasteiger partial charge in [0.25, 0.3) is 0 Å². The summed E-state index contributed by atoms with van der Waals surface area (Å²) in [6.45, 7) is 0.339. The Bertz CT molecular complexity index is 857. The number of aromatic nitrogens is 4. The minimum absolute atomic E-state index is 0.170. The maximum Gasteiger partial charge on any atom is 0.247 e. The molecule has 0 fully saturated rings. The van der Waals surface area contributed by atoms with Crippen molar-refractivity contribution < 1.29 is 13.6 Å². The van der Waals surface area contributed by atoms with E-state index < -0.39 is 0 Å². The molecule has 0 saturated carbocycles. The van der Waals surface area contributed by atoms with Gasteiger partial charge in [0.05, 0.1) is 0 Å². The van der Waals surface area contributed by atoms with Crippen molar-refractivity contribution >= 4 is 0 Å². The molecule has 4 rings (SSSR count). The maximum atomic E-state index is 5.57. The fourth-order valence-corrected chi connectivity index (χ4v) is 2.24. The Labute approximate surface area is 143 Å². The highest BCUT2D eigenvalue weighted by Crippen LogP contribution is 2.19. The lowest BCUT2D eigenvalue weighted by molar-refractivity contribution is 0.0747. The van der Waals surface area contributed by atoms with E-state index in [0.29, 0.717) is 23.6 Å². The number of benzene rings is 2. The summed E-state index contributed by atoms with van der Waals surface area (Å²) in [4.78, 5) is 0. The van der Waals surface area contributed by atoms with E-state index in [-0.39, 0.29) is 13.2 Å². The van der Waals surface area contributed by atoms with Crippen molar-refractivity contribution in [3.8, 4) is 22.9 Å². The second-order valence-corrected chi connectivity index (χ2v) is 5.23. The SMILES string of the molecule is c1ccc(-c2nnc(COCc3nnc(-c4ccccc4)o3)o2)cc1. The van der Waals surface area contributed by atoms with Gasteiger partial charge >= 0.3 is 0 Å². The lowest BCUT2D eigenvalue weighted by Gasteiger charge is -1.97. The summed E-state index contributed by atoms with van der Waals surface area (Å²) in [5, 5.41) is 16.0. The predicted molar refractivity (Wildman–Crippen MR) is 88.0 cm³/mol. The summed E-state index contributed by atoms with van der Waals surface area (Å²) in [6, 6.07) is 19.1. The molecule has 0 aliphatic carbocycles. The Kier molecular flexibility index (Phi) is 4.30. The molecule has 0 aliphatic rings. The van der Waals surface area contributed by atoms with Crippen LogP contribution in [0.3, 0.4) is 0 Å². The van der Waals surface area contributed by atoms with Crippen molar-refractivity contribution in [2.24, 2.45) is 0 Å². The van der Waals surface area contributed by atoms with Gasteiger partial charge in [0.15, 0.2) is 0 Å². The van der Waals surface area contributed by atoms with Gasteiger partial charge in [-0.15, -0.1) is 20.4 Å². The molecule has 0 radical (unpaired) electrons. The molecule has 0 unspecified atom stereocenters. The van der Waals surface area contributed by atoms with E-state index in [1.807, 2.05) is 60.7 Å². The van der Waals surface area contributed by atoms with Gasteiger partial charge < -0.3 is 13.6 Å². The highest BCUT2D eigenvalue weighted by Gasteiger charge is 2.11. The molecule has 4 aromatic rings. The van der Waals surface area contributed by atoms with Gasteiger partial charge in [-0.05, 0) is 24.3 Å². The molecule has 0 saturated heterocycles. The van der Waals surface area contributed by atoms with E-state index in [2.05, 4.69) is 20.4 Å². The monoisotopic (exact) mass is 334 g/mol. The number of ether oxygens (including phenoxy) is 1. The van der Waals surface area contributed by atoms with Gasteiger partial charge in [0.2, 0.25) is 23.6 Å². The maximum absolute atomic E-state index is 5.57. The van der Waals surface area contributed by atoms with E-state index in [1.165, 1.54) is 0 Å². The molecular formula is C18H14N4O3. The van der Waals surface area contributed by atoms with Gasteiger partial charge in [0.1, 0.15) is 13.2 Å². The third-order valence-corrected chi connectivity index (χ3v) is 3.43. The molecule has 25 heavy (non-hydrogen) atoms. The molecule has 7 heteroatoms. The minimum Gasteiger partial charge on any atom is -0.418 e. The average molecular weight is 334 g/mol. The van der Waals surface area contributed by atoms with Crippen LogP contribution in [0.4, 0.5) is 0 Å². The van der Waals surface area contributed by atoms with Crippen LogP contribution in [0, 0.1) is 0 Å². The Morgan fingerprint density at radius 1 is 0.600 bits per heavy atom. The fraction of sp³-hybridized carbons (Fsp3) is 0.111. The predicted octanol–water partition coefficient (Wildman–Crippen LogP) is 3.50. The van der Waals surface area contributed by atoms with Gasteiger partial charge in [0, 0.05) is 11.1 Å². The summed E-state index contributed by atoms with van der Waals surface area (Å²) < 4.78 is 16.6. The smallest absolute Gasteiger partial charge is 0.247 e. The third kappa shape index (κ3) is 3.61. The summed E-state index contributed by atoms with van der Waals surface area (Å²) in [5.74, 6) is 1.70. The first-order valence-electron chi connectivity index (χ1n) is 7.72. The normalized spacial score (nSPS) is 10.9. The van der Waals surface area contributed by atoms with Crippen molar-refractivity contribution in [3.05, 3.63) is 72.4 Å². The Balaban J connectivity index is 1.34. The van der Waals surface area contributed by atoms with Crippen LogP contribution in [0.2, 0.25) is 0 Å². The van der Waals surface area contributed by atoms with Crippen molar-refractivity contribution in [1.29, 1.82) is 0 Å². The van der Waals surface area contributed by atoms with Crippen LogP contribution >= 0.6 is 0 Å². The van der Waals surface area contributed by atoms with Crippen LogP contribution in [0.1, 0.15) is 11.8 Å². The molecule has 0 amide bonds. The topological polar surface area (TPSA) is 87.1 Å². The molecule has 0 N–H and O–H groups in total. The minimum atomic E-state index is 0.170. The van der Waals surface area contributed by atoms with Gasteiger partial charge in [-0.2, -0.15) is 0 Å². The van der Waals surface area contributed by atoms with E-state index >= 15 is 0 Å². The average Bonchev–Trinajstić information content (AvgIpc) is 3.33. The van der Waals surface area contributed by atoms with E-state index in [4.69, 9.17) is 13.6 Å². The molecule has 2 heterocycles. The van der Waals surface area contributed by atoms with Crippen LogP contribution in [0.15, 0.2) is 69.5 Å². The molecule has 2 aromatic heterocycles. The molecule has 0 spiro atoms. The molecule has 0 aliphatic heterocycles. The lowest BCUT2D eigenvalue weighted by atomic mass is 10.2. The molecule has 0 atom stereocenters. The number of hydrogen-bond acceptors (Lipinski definition) is 7. The summed E-state index contributed by atoms with van der Waals surface area (Å²) in [7, 11) is 0. The third-order valence-electron chi connectivity index (χ3n) is 3.43. The second kappa shape index (κ2) is 7.06. The largest absolute Gasteiger partial charge is 0.418 e. The highest BCUT2D eigenvalue weighted by atomic mass is 16.5. The van der Waals surface area contributed by atoms with Crippen molar-refractivity contribution in [2.45, 2.75) is 13.2 Å². The van der Waals surface area contributed by atoms with Crippen LogP contribution in [0.5, 0.6) is 0 Å². The first kappa shape index (κ1) is 15.2. The Morgan fingerprint density at radius 3 is 1.48 bits per heavy atom. The Hall–Kier alpha value is -3.32. The number of nitrogens with zero attached hydrogens (tertiary/aromatic N) is 4. The molecule has 2 aromatic carbocycles. The number of hydrogen-bond donors (Lipinski definition) is 0. The van der Waals surface area contributed by atoms with Gasteiger partial charge in [-0.1, -0.05) is 36.4 Å². The zero-order chi connectivity index (χ0) is 16.9. The Morgan fingerprint density at radius 2 is 1.04 bits per heavy atom. The summed E-state index contributed by atoms with van der Waals surface area (Å²) in [6.07, 6.45) is 0. The summed E-state index contributed by atoms with van der Waals surface area (Å²) in [5.41, 5.74) is 1.73. The standard InChI is InChI=1S/C18H14N4O3/c1-3-7-13(8-4-1)17-21-19-15(24-17)11-23-12-16-20-22-18(25-16)14-9-5-2-6-10-14/h1-10H,11-12H2. The first-order valence-corrected chi connectivity index (χ1v) is 7.72. The van der Waals surface area contributed by atoms with E-state index in [0.717, 1.165) is 11.1 Å². The van der Waals surface area contributed by atoms with Crippen LogP contribution in [-0.2, 0) is 18.0 Å². The van der Waals surface area contributed by atoms with Gasteiger partial charge in [-0.3, -0.25) is 0 Å². The van der Waals surface area contributed by atoms with Crippen LogP contribution in [0.25, 0.3) is 22.9 Å².